The number of furan rings is 1. The van der Waals surface area contributed by atoms with Gasteiger partial charge in [-0.15, -0.1) is 0 Å². The zero-order chi connectivity index (χ0) is 27.3. The first-order chi connectivity index (χ1) is 18.4. The van der Waals surface area contributed by atoms with E-state index in [2.05, 4.69) is 5.32 Å². The highest BCUT2D eigenvalue weighted by atomic mass is 19.1. The highest BCUT2D eigenvalue weighted by molar-refractivity contribution is 5.93. The third-order valence-electron chi connectivity index (χ3n) is 5.75. The Morgan fingerprint density at radius 2 is 1.79 bits per heavy atom. The number of ether oxygens (including phenoxy) is 3. The van der Waals surface area contributed by atoms with Crippen molar-refractivity contribution in [2.24, 2.45) is 0 Å². The van der Waals surface area contributed by atoms with Gasteiger partial charge in [0.2, 0.25) is 5.91 Å². The number of nitrogens with zero attached hydrogens (tertiary/aromatic N) is 2. The van der Waals surface area contributed by atoms with Gasteiger partial charge in [0, 0.05) is 32.4 Å². The lowest BCUT2D eigenvalue weighted by molar-refractivity contribution is -0.133. The average Bonchev–Trinajstić information content (AvgIpc) is 3.44. The first kappa shape index (κ1) is 28.5. The number of methoxy groups -OCH3 is 2. The van der Waals surface area contributed by atoms with Crippen LogP contribution in [0.1, 0.15) is 24.7 Å². The first-order valence-electron chi connectivity index (χ1n) is 12.3. The number of carbonyl (C=O) groups excluding carboxylic acids is 2. The van der Waals surface area contributed by atoms with Gasteiger partial charge in [0.25, 0.3) is 0 Å². The number of halogens is 1. The van der Waals surface area contributed by atoms with Crippen LogP contribution in [0.5, 0.6) is 11.5 Å². The number of amides is 3. The third kappa shape index (κ3) is 8.52. The van der Waals surface area contributed by atoms with E-state index < -0.39 is 6.03 Å². The predicted molar refractivity (Wildman–Crippen MR) is 141 cm³/mol. The lowest BCUT2D eigenvalue weighted by atomic mass is 10.2. The van der Waals surface area contributed by atoms with Crippen LogP contribution in [-0.4, -0.2) is 62.3 Å². The number of hydrogen-bond donors (Lipinski definition) is 1. The number of hydrogen-bond acceptors (Lipinski definition) is 6. The molecule has 3 aromatic rings. The summed E-state index contributed by atoms with van der Waals surface area (Å²) in [6, 6.07) is 14.0. The van der Waals surface area contributed by atoms with Crippen LogP contribution in [0.4, 0.5) is 14.9 Å². The molecule has 1 N–H and O–H groups in total. The van der Waals surface area contributed by atoms with Crippen molar-refractivity contribution in [2.75, 3.05) is 45.8 Å². The molecule has 3 rings (SSSR count). The molecule has 204 valence electrons. The molecule has 0 fully saturated rings. The Morgan fingerprint density at radius 3 is 2.45 bits per heavy atom. The fourth-order valence-corrected chi connectivity index (χ4v) is 3.75. The molecule has 1 aromatic heterocycles. The van der Waals surface area contributed by atoms with Crippen molar-refractivity contribution in [2.45, 2.75) is 26.4 Å². The Bertz CT molecular complexity index is 1150. The maximum absolute atomic E-state index is 13.5. The minimum atomic E-state index is -0.460. The van der Waals surface area contributed by atoms with Crippen molar-refractivity contribution >= 4 is 17.6 Å². The van der Waals surface area contributed by atoms with Crippen molar-refractivity contribution in [3.63, 3.8) is 0 Å². The van der Waals surface area contributed by atoms with E-state index in [1.807, 2.05) is 6.92 Å². The minimum absolute atomic E-state index is 0.182. The number of rotatable bonds is 14. The number of anilines is 1. The van der Waals surface area contributed by atoms with E-state index in [1.54, 1.807) is 54.5 Å². The van der Waals surface area contributed by atoms with Crippen LogP contribution in [0, 0.1) is 5.82 Å². The molecule has 0 bridgehead atoms. The molecule has 0 aliphatic carbocycles. The minimum Gasteiger partial charge on any atom is -0.497 e. The molecule has 9 nitrogen and oxygen atoms in total. The van der Waals surface area contributed by atoms with E-state index in [4.69, 9.17) is 18.6 Å². The molecular weight excluding hydrogens is 493 g/mol. The van der Waals surface area contributed by atoms with Gasteiger partial charge in [0.1, 0.15) is 29.6 Å². The fourth-order valence-electron chi connectivity index (χ4n) is 3.75. The third-order valence-corrected chi connectivity index (χ3v) is 5.75. The maximum atomic E-state index is 13.5. The van der Waals surface area contributed by atoms with Crippen LogP contribution in [0.2, 0.25) is 0 Å². The normalized spacial score (nSPS) is 10.6. The monoisotopic (exact) mass is 527 g/mol. The van der Waals surface area contributed by atoms with Crippen LogP contribution in [0.25, 0.3) is 0 Å². The van der Waals surface area contributed by atoms with Crippen molar-refractivity contribution in [3.05, 3.63) is 78.0 Å². The van der Waals surface area contributed by atoms with Crippen molar-refractivity contribution in [1.29, 1.82) is 0 Å². The number of urea groups is 1. The average molecular weight is 528 g/mol. The summed E-state index contributed by atoms with van der Waals surface area (Å²) in [5, 5.41) is 2.83. The van der Waals surface area contributed by atoms with E-state index in [9.17, 15) is 14.0 Å². The molecule has 10 heteroatoms. The lowest BCUT2D eigenvalue weighted by Gasteiger charge is -2.28. The first-order valence-corrected chi connectivity index (χ1v) is 12.3. The molecule has 0 unspecified atom stereocenters. The lowest BCUT2D eigenvalue weighted by Crippen LogP contribution is -2.44. The topological polar surface area (TPSA) is 93.5 Å². The second-order valence-corrected chi connectivity index (χ2v) is 8.42. The van der Waals surface area contributed by atoms with Gasteiger partial charge in [-0.2, -0.15) is 0 Å². The molecule has 2 aromatic carbocycles. The zero-order valence-electron chi connectivity index (χ0n) is 21.9. The molecule has 0 spiro atoms. The molecule has 0 saturated heterocycles. The summed E-state index contributed by atoms with van der Waals surface area (Å²) in [5.74, 6) is 0.950. The van der Waals surface area contributed by atoms with E-state index in [-0.39, 0.29) is 31.4 Å². The molecular formula is C28H34FN3O6. The van der Waals surface area contributed by atoms with Crippen LogP contribution in [-0.2, 0) is 22.6 Å². The van der Waals surface area contributed by atoms with Gasteiger partial charge in [0.15, 0.2) is 0 Å². The summed E-state index contributed by atoms with van der Waals surface area (Å²) in [7, 11) is 3.04. The highest BCUT2D eigenvalue weighted by Crippen LogP contribution is 2.29. The molecule has 0 saturated carbocycles. The van der Waals surface area contributed by atoms with Gasteiger partial charge in [-0.3, -0.25) is 4.79 Å². The summed E-state index contributed by atoms with van der Waals surface area (Å²) in [4.78, 5) is 29.9. The van der Waals surface area contributed by atoms with E-state index in [0.29, 0.717) is 49.1 Å². The van der Waals surface area contributed by atoms with Crippen LogP contribution >= 0.6 is 0 Å². The summed E-state index contributed by atoms with van der Waals surface area (Å²) < 4.78 is 34.9. The molecule has 0 aliphatic heterocycles. The van der Waals surface area contributed by atoms with E-state index in [1.165, 1.54) is 30.4 Å². The SMILES string of the molecule is CCOCCCN(CC(=O)N(Cc1ccc(F)cc1)Cc1ccco1)C(=O)Nc1ccc(OC)cc1OC. The quantitative estimate of drug-likeness (QED) is 0.299. The van der Waals surface area contributed by atoms with Gasteiger partial charge < -0.3 is 33.7 Å². The summed E-state index contributed by atoms with van der Waals surface area (Å²) in [6.07, 6.45) is 2.08. The number of nitrogens with one attached hydrogen (secondary N) is 1. The van der Waals surface area contributed by atoms with Gasteiger partial charge >= 0.3 is 6.03 Å². The maximum Gasteiger partial charge on any atom is 0.322 e. The van der Waals surface area contributed by atoms with Crippen LogP contribution in [0.3, 0.4) is 0 Å². The fraction of sp³-hybridized carbons (Fsp3) is 0.357. The Kier molecular flexibility index (Phi) is 11.0. The smallest absolute Gasteiger partial charge is 0.322 e. The molecule has 0 atom stereocenters. The van der Waals surface area contributed by atoms with Crippen molar-refractivity contribution in [3.8, 4) is 11.5 Å². The zero-order valence-corrected chi connectivity index (χ0v) is 21.9. The largest absolute Gasteiger partial charge is 0.497 e. The standard InChI is InChI=1S/C28H34FN3O6/c1-4-37-15-6-14-31(28(34)30-25-13-12-23(35-2)17-26(25)36-3)20-27(33)32(19-24-7-5-16-38-24)18-21-8-10-22(29)11-9-21/h5,7-13,16-17H,4,6,14-15,18-20H2,1-3H3,(H,30,34). The van der Waals surface area contributed by atoms with Gasteiger partial charge in [-0.1, -0.05) is 12.1 Å². The highest BCUT2D eigenvalue weighted by Gasteiger charge is 2.23. The number of carbonyl (C=O) groups is 2. The predicted octanol–water partition coefficient (Wildman–Crippen LogP) is 4.93. The second kappa shape index (κ2) is 14.6. The summed E-state index contributed by atoms with van der Waals surface area (Å²) in [5.41, 5.74) is 1.20. The van der Waals surface area contributed by atoms with Gasteiger partial charge in [0.05, 0.1) is 32.7 Å². The Morgan fingerprint density at radius 1 is 1.00 bits per heavy atom. The van der Waals surface area contributed by atoms with Crippen molar-refractivity contribution < 1.29 is 32.6 Å². The van der Waals surface area contributed by atoms with E-state index in [0.717, 1.165) is 5.56 Å². The van der Waals surface area contributed by atoms with E-state index >= 15 is 0 Å². The molecule has 0 radical (unpaired) electrons. The summed E-state index contributed by atoms with van der Waals surface area (Å²) >= 11 is 0. The van der Waals surface area contributed by atoms with Gasteiger partial charge in [-0.25, -0.2) is 9.18 Å². The Balaban J connectivity index is 1.78. The van der Waals surface area contributed by atoms with Crippen LogP contribution in [0.15, 0.2) is 65.3 Å². The second-order valence-electron chi connectivity index (χ2n) is 8.42. The Hall–Kier alpha value is -4.05. The Labute approximate surface area is 222 Å². The van der Waals surface area contributed by atoms with Crippen LogP contribution < -0.4 is 14.8 Å². The molecule has 0 aliphatic rings. The molecule has 3 amide bonds. The summed E-state index contributed by atoms with van der Waals surface area (Å²) in [6.45, 7) is 3.44. The molecule has 1 heterocycles. The van der Waals surface area contributed by atoms with Gasteiger partial charge in [-0.05, 0) is 55.3 Å². The number of benzene rings is 2. The molecule has 38 heavy (non-hydrogen) atoms. The van der Waals surface area contributed by atoms with Crippen molar-refractivity contribution in [1.82, 2.24) is 9.80 Å².